The van der Waals surface area contributed by atoms with Crippen molar-refractivity contribution in [3.05, 3.63) is 71.6 Å². The Morgan fingerprint density at radius 1 is 1.06 bits per heavy atom. The molecule has 1 aromatic carbocycles. The molecule has 0 saturated carbocycles. The fraction of sp³-hybridized carbons (Fsp3) is 0.188. The van der Waals surface area contributed by atoms with Crippen LogP contribution in [0.1, 0.15) is 29.2 Å². The Hall–Kier alpha value is -1.89. The van der Waals surface area contributed by atoms with Crippen LogP contribution in [0.4, 0.5) is 0 Å². The highest BCUT2D eigenvalue weighted by atomic mass is 14.7. The van der Waals surface area contributed by atoms with Crippen molar-refractivity contribution in [2.75, 3.05) is 0 Å². The average molecular weight is 221 g/mol. The van der Waals surface area contributed by atoms with Crippen molar-refractivity contribution in [1.82, 2.24) is 4.98 Å². The second kappa shape index (κ2) is 4.54. The van der Waals surface area contributed by atoms with Gasteiger partial charge in [-0.05, 0) is 42.0 Å². The van der Waals surface area contributed by atoms with Gasteiger partial charge in [0.15, 0.2) is 0 Å². The smallest absolute Gasteiger partial charge is 0.0661 e. The van der Waals surface area contributed by atoms with Gasteiger partial charge in [-0.25, -0.2) is 0 Å². The minimum Gasteiger partial charge on any atom is -0.257 e. The van der Waals surface area contributed by atoms with Crippen LogP contribution in [0.25, 0.3) is 6.08 Å². The van der Waals surface area contributed by atoms with Crippen molar-refractivity contribution in [2.45, 2.75) is 18.8 Å². The molecule has 0 fully saturated rings. The Bertz CT molecular complexity index is 528. The molecule has 1 nitrogen and oxygen atoms in total. The SMILES string of the molecule is C1=Cc2ncccc2[C@@H](Cc2ccccc2)C1. The fourth-order valence-corrected chi connectivity index (χ4v) is 2.48. The van der Waals surface area contributed by atoms with Gasteiger partial charge in [0.25, 0.3) is 0 Å². The maximum atomic E-state index is 4.42. The number of hydrogen-bond acceptors (Lipinski definition) is 1. The molecule has 84 valence electrons. The number of hydrogen-bond donors (Lipinski definition) is 0. The summed E-state index contributed by atoms with van der Waals surface area (Å²) in [5, 5.41) is 0. The second-order valence-electron chi connectivity index (χ2n) is 4.50. The quantitative estimate of drug-likeness (QED) is 0.751. The summed E-state index contributed by atoms with van der Waals surface area (Å²) >= 11 is 0. The first-order chi connectivity index (χ1) is 8.43. The van der Waals surface area contributed by atoms with Crippen LogP contribution >= 0.6 is 0 Å². The molecule has 1 atom stereocenters. The minimum absolute atomic E-state index is 0.575. The molecule has 1 heteroatoms. The van der Waals surface area contributed by atoms with Gasteiger partial charge >= 0.3 is 0 Å². The zero-order valence-electron chi connectivity index (χ0n) is 9.71. The van der Waals surface area contributed by atoms with E-state index in [0.29, 0.717) is 5.92 Å². The molecular formula is C16H15N. The summed E-state index contributed by atoms with van der Waals surface area (Å²) in [5.74, 6) is 0.575. The molecule has 1 aromatic heterocycles. The number of pyridine rings is 1. The number of fused-ring (bicyclic) bond motifs is 1. The van der Waals surface area contributed by atoms with Crippen molar-refractivity contribution in [3.63, 3.8) is 0 Å². The van der Waals surface area contributed by atoms with Crippen LogP contribution in [0.15, 0.2) is 54.7 Å². The Morgan fingerprint density at radius 3 is 2.82 bits per heavy atom. The molecule has 2 aromatic rings. The molecule has 3 rings (SSSR count). The first-order valence-electron chi connectivity index (χ1n) is 6.09. The molecule has 1 aliphatic rings. The largest absolute Gasteiger partial charge is 0.257 e. The molecule has 1 heterocycles. The highest BCUT2D eigenvalue weighted by molar-refractivity contribution is 5.53. The van der Waals surface area contributed by atoms with Gasteiger partial charge in [-0.15, -0.1) is 0 Å². The van der Waals surface area contributed by atoms with Gasteiger partial charge in [0.05, 0.1) is 5.69 Å². The van der Waals surface area contributed by atoms with Gasteiger partial charge in [0.2, 0.25) is 0 Å². The summed E-state index contributed by atoms with van der Waals surface area (Å²) < 4.78 is 0. The molecule has 0 bridgehead atoms. The van der Waals surface area contributed by atoms with Crippen LogP contribution in [0.5, 0.6) is 0 Å². The molecule has 0 N–H and O–H groups in total. The Kier molecular flexibility index (Phi) is 2.74. The number of allylic oxidation sites excluding steroid dienone is 1. The second-order valence-corrected chi connectivity index (χ2v) is 4.50. The molecule has 17 heavy (non-hydrogen) atoms. The number of rotatable bonds is 2. The van der Waals surface area contributed by atoms with Crippen LogP contribution < -0.4 is 0 Å². The monoisotopic (exact) mass is 221 g/mol. The fourth-order valence-electron chi connectivity index (χ4n) is 2.48. The van der Waals surface area contributed by atoms with Gasteiger partial charge in [-0.2, -0.15) is 0 Å². The number of nitrogens with zero attached hydrogens (tertiary/aromatic N) is 1. The van der Waals surface area contributed by atoms with Crippen molar-refractivity contribution in [1.29, 1.82) is 0 Å². The number of benzene rings is 1. The predicted molar refractivity (Wildman–Crippen MR) is 70.8 cm³/mol. The van der Waals surface area contributed by atoms with Crippen molar-refractivity contribution < 1.29 is 0 Å². The van der Waals surface area contributed by atoms with Gasteiger partial charge in [-0.1, -0.05) is 42.5 Å². The molecular weight excluding hydrogens is 206 g/mol. The Balaban J connectivity index is 1.88. The van der Waals surface area contributed by atoms with Crippen LogP contribution in [-0.4, -0.2) is 4.98 Å². The minimum atomic E-state index is 0.575. The lowest BCUT2D eigenvalue weighted by Crippen LogP contribution is -2.08. The third-order valence-electron chi connectivity index (χ3n) is 3.33. The summed E-state index contributed by atoms with van der Waals surface area (Å²) in [6.07, 6.45) is 8.46. The highest BCUT2D eigenvalue weighted by Crippen LogP contribution is 2.31. The van der Waals surface area contributed by atoms with Crippen molar-refractivity contribution in [2.24, 2.45) is 0 Å². The van der Waals surface area contributed by atoms with E-state index in [4.69, 9.17) is 0 Å². The molecule has 0 unspecified atom stereocenters. The molecule has 0 saturated heterocycles. The van der Waals surface area contributed by atoms with E-state index in [0.717, 1.165) is 18.5 Å². The van der Waals surface area contributed by atoms with E-state index < -0.39 is 0 Å². The predicted octanol–water partition coefficient (Wildman–Crippen LogP) is 3.82. The summed E-state index contributed by atoms with van der Waals surface area (Å²) in [7, 11) is 0. The Morgan fingerprint density at radius 2 is 1.94 bits per heavy atom. The lowest BCUT2D eigenvalue weighted by Gasteiger charge is -2.20. The first kappa shape index (κ1) is 10.3. The zero-order valence-corrected chi connectivity index (χ0v) is 9.71. The maximum absolute atomic E-state index is 4.42. The topological polar surface area (TPSA) is 12.9 Å². The number of aromatic nitrogens is 1. The van der Waals surface area contributed by atoms with E-state index in [1.54, 1.807) is 0 Å². The average Bonchev–Trinajstić information content (AvgIpc) is 2.40. The normalized spacial score (nSPS) is 17.8. The van der Waals surface area contributed by atoms with Crippen molar-refractivity contribution in [3.8, 4) is 0 Å². The maximum Gasteiger partial charge on any atom is 0.0661 e. The zero-order chi connectivity index (χ0) is 11.5. The summed E-state index contributed by atoms with van der Waals surface area (Å²) in [4.78, 5) is 4.42. The molecule has 0 spiro atoms. The van der Waals surface area contributed by atoms with Crippen LogP contribution in [0.2, 0.25) is 0 Å². The third-order valence-corrected chi connectivity index (χ3v) is 3.33. The molecule has 0 radical (unpaired) electrons. The van der Waals surface area contributed by atoms with Gasteiger partial charge < -0.3 is 0 Å². The van der Waals surface area contributed by atoms with E-state index in [-0.39, 0.29) is 0 Å². The first-order valence-corrected chi connectivity index (χ1v) is 6.09. The van der Waals surface area contributed by atoms with E-state index in [1.807, 2.05) is 12.3 Å². The highest BCUT2D eigenvalue weighted by Gasteiger charge is 2.17. The van der Waals surface area contributed by atoms with Crippen LogP contribution in [0, 0.1) is 0 Å². The third kappa shape index (κ3) is 2.14. The van der Waals surface area contributed by atoms with Gasteiger partial charge in [0.1, 0.15) is 0 Å². The van der Waals surface area contributed by atoms with E-state index in [9.17, 15) is 0 Å². The summed E-state index contributed by atoms with van der Waals surface area (Å²) in [6.45, 7) is 0. The Labute approximate surface area is 102 Å². The van der Waals surface area contributed by atoms with Crippen LogP contribution in [-0.2, 0) is 6.42 Å². The van der Waals surface area contributed by atoms with E-state index in [2.05, 4.69) is 53.5 Å². The van der Waals surface area contributed by atoms with E-state index >= 15 is 0 Å². The van der Waals surface area contributed by atoms with Gasteiger partial charge in [0, 0.05) is 6.20 Å². The lowest BCUT2D eigenvalue weighted by molar-refractivity contribution is 0.684. The standard InChI is InChI=1S/C16H15N/c1-2-6-13(7-3-1)12-14-8-4-10-16-15(14)9-5-11-17-16/h1-7,9-11,14H,8,12H2/t14-/m1/s1. The lowest BCUT2D eigenvalue weighted by atomic mass is 9.85. The van der Waals surface area contributed by atoms with Crippen LogP contribution in [0.3, 0.4) is 0 Å². The molecule has 0 amide bonds. The van der Waals surface area contributed by atoms with E-state index in [1.165, 1.54) is 11.1 Å². The van der Waals surface area contributed by atoms with Gasteiger partial charge in [-0.3, -0.25) is 4.98 Å². The molecule has 1 aliphatic carbocycles. The molecule has 0 aliphatic heterocycles. The summed E-state index contributed by atoms with van der Waals surface area (Å²) in [5.41, 5.74) is 3.93. The summed E-state index contributed by atoms with van der Waals surface area (Å²) in [6, 6.07) is 14.9. The van der Waals surface area contributed by atoms with Crippen molar-refractivity contribution >= 4 is 6.08 Å².